The number of nitrogens with two attached hydrogens (primary N) is 2. The summed E-state index contributed by atoms with van der Waals surface area (Å²) in [6, 6.07) is 8.71. The van der Waals surface area contributed by atoms with E-state index >= 15 is 0 Å². The molecule has 2 rings (SSSR count). The third-order valence-electron chi connectivity index (χ3n) is 8.39. The third kappa shape index (κ3) is 16.3. The summed E-state index contributed by atoms with van der Waals surface area (Å²) in [5.41, 5.74) is 14.1. The Morgan fingerprint density at radius 2 is 1.33 bits per heavy atom. The van der Waals surface area contributed by atoms with Crippen LogP contribution >= 0.6 is 0 Å². The van der Waals surface area contributed by atoms with Crippen LogP contribution in [0.5, 0.6) is 0 Å². The zero-order valence-corrected chi connectivity index (χ0v) is 32.3. The zero-order chi connectivity index (χ0) is 43.5. The Morgan fingerprint density at radius 1 is 0.724 bits per heavy atom. The summed E-state index contributed by atoms with van der Waals surface area (Å²) in [4.78, 5) is 100.0. The van der Waals surface area contributed by atoms with Gasteiger partial charge in [0.2, 0.25) is 35.4 Å². The molecule has 58 heavy (non-hydrogen) atoms. The molecule has 316 valence electrons. The first-order valence-corrected chi connectivity index (χ1v) is 18.3. The number of aliphatic hydroxyl groups excluding tert-OH is 2. The van der Waals surface area contributed by atoms with Crippen molar-refractivity contribution in [2.75, 3.05) is 19.6 Å². The first-order chi connectivity index (χ1) is 27.4. The van der Waals surface area contributed by atoms with Gasteiger partial charge >= 0.3 is 7.12 Å². The zero-order valence-electron chi connectivity index (χ0n) is 32.3. The Kier molecular flexibility index (Phi) is 19.9. The van der Waals surface area contributed by atoms with Crippen LogP contribution in [0.1, 0.15) is 56.0 Å². The van der Waals surface area contributed by atoms with E-state index in [2.05, 4.69) is 45.6 Å². The molecule has 0 saturated heterocycles. The first kappa shape index (κ1) is 48.2. The molecule has 0 aromatic heterocycles. The molecule has 2 aromatic carbocycles. The van der Waals surface area contributed by atoms with Gasteiger partial charge in [-0.1, -0.05) is 49.7 Å². The van der Waals surface area contributed by atoms with Crippen LogP contribution in [0, 0.1) is 0 Å². The Labute approximate surface area is 334 Å². The van der Waals surface area contributed by atoms with E-state index in [1.165, 1.54) is 12.5 Å². The van der Waals surface area contributed by atoms with E-state index in [1.54, 1.807) is 24.3 Å². The second-order valence-electron chi connectivity index (χ2n) is 13.3. The molecule has 0 spiro atoms. The smallest absolute Gasteiger partial charge is 0.426 e. The predicted octanol–water partition coefficient (Wildman–Crippen LogP) is -4.84. The lowest BCUT2D eigenvalue weighted by atomic mass is 9.92. The van der Waals surface area contributed by atoms with Gasteiger partial charge in [0.1, 0.15) is 24.2 Å². The molecule has 22 heteroatoms. The molecule has 0 aliphatic rings. The van der Waals surface area contributed by atoms with Gasteiger partial charge in [-0.2, -0.15) is 0 Å². The number of rotatable bonds is 23. The summed E-state index contributed by atoms with van der Waals surface area (Å²) < 4.78 is 0. The minimum absolute atomic E-state index is 0.219. The molecule has 0 fully saturated rings. The van der Waals surface area contributed by atoms with Gasteiger partial charge in [0.05, 0.1) is 32.1 Å². The minimum Gasteiger partial charge on any atom is -0.426 e. The number of amides is 8. The van der Waals surface area contributed by atoms with Gasteiger partial charge in [-0.25, -0.2) is 0 Å². The molecule has 2 aromatic rings. The van der Waals surface area contributed by atoms with E-state index in [-0.39, 0.29) is 5.56 Å². The molecule has 0 saturated carbocycles. The molecule has 0 aliphatic heterocycles. The van der Waals surface area contributed by atoms with Crippen molar-refractivity contribution in [1.82, 2.24) is 37.2 Å². The molecule has 8 amide bonds. The molecular formula is C36H52BN9O12. The van der Waals surface area contributed by atoms with Gasteiger partial charge in [0.15, 0.2) is 6.17 Å². The predicted molar refractivity (Wildman–Crippen MR) is 208 cm³/mol. The maximum Gasteiger partial charge on any atom is 0.472 e. The van der Waals surface area contributed by atoms with E-state index in [0.29, 0.717) is 0 Å². The summed E-state index contributed by atoms with van der Waals surface area (Å²) >= 11 is 0. The average molecular weight is 814 g/mol. The van der Waals surface area contributed by atoms with Crippen LogP contribution in [-0.4, -0.2) is 131 Å². The topological polar surface area (TPSA) is 354 Å². The van der Waals surface area contributed by atoms with E-state index in [4.69, 9.17) is 21.5 Å². The van der Waals surface area contributed by atoms with Crippen LogP contribution in [0.15, 0.2) is 48.5 Å². The van der Waals surface area contributed by atoms with Crippen molar-refractivity contribution >= 4 is 54.4 Å². The van der Waals surface area contributed by atoms with Gasteiger partial charge < -0.3 is 68.9 Å². The highest BCUT2D eigenvalue weighted by atomic mass is 16.4. The number of aryl methyl sites for hydroxylation is 1. The molecule has 21 nitrogen and oxygen atoms in total. The number of aliphatic hydroxyl groups is 2. The molecule has 0 bridgehead atoms. The van der Waals surface area contributed by atoms with Gasteiger partial charge in [0.25, 0.3) is 11.8 Å². The van der Waals surface area contributed by atoms with Crippen molar-refractivity contribution in [3.05, 3.63) is 59.7 Å². The van der Waals surface area contributed by atoms with Crippen LogP contribution in [-0.2, 0) is 40.0 Å². The lowest BCUT2D eigenvalue weighted by Crippen LogP contribution is -2.62. The molecule has 15 N–H and O–H groups in total. The van der Waals surface area contributed by atoms with Crippen molar-refractivity contribution in [2.24, 2.45) is 11.5 Å². The standard InChI is InChI=1S/C36H52BN9O12/c1-4-5-6-21-7-9-22(10-8-21)23-11-13-24(14-12-23)32(52)44-26(17-47)34(54)42-19(2)31(51)40-16-28(50)45-29(20(3)48)35(55)46-30(39)36(56)43-25(15-27(38)49)33(53)41-18-37(57)58/h7-14,19-20,25-26,29-30,47-48,57-58H,4-6,15-18,39H2,1-3H3,(H2,38,49)(H,40,51)(H,41,53)(H,42,54)(H,43,56)(H,44,52)(H,45,50)(H,46,55)/t19-,20?,25?,26-,29?,30-/m1/s1. The van der Waals surface area contributed by atoms with E-state index < -0.39 is 117 Å². The Hall–Kier alpha value is -5.94. The summed E-state index contributed by atoms with van der Waals surface area (Å²) in [5, 5.41) is 53.0. The van der Waals surface area contributed by atoms with Crippen molar-refractivity contribution in [3.63, 3.8) is 0 Å². The highest BCUT2D eigenvalue weighted by Crippen LogP contribution is 2.21. The maximum atomic E-state index is 12.9. The monoisotopic (exact) mass is 813 g/mol. The fourth-order valence-corrected chi connectivity index (χ4v) is 5.12. The number of hydrogen-bond acceptors (Lipinski definition) is 13. The molecular weight excluding hydrogens is 761 g/mol. The van der Waals surface area contributed by atoms with Gasteiger partial charge in [-0.15, -0.1) is 0 Å². The third-order valence-corrected chi connectivity index (χ3v) is 8.39. The van der Waals surface area contributed by atoms with Crippen LogP contribution in [0.3, 0.4) is 0 Å². The van der Waals surface area contributed by atoms with Crippen molar-refractivity contribution in [3.8, 4) is 11.1 Å². The number of nitrogens with one attached hydrogen (secondary N) is 7. The quantitative estimate of drug-likeness (QED) is 0.0370. The number of hydrogen-bond donors (Lipinski definition) is 13. The summed E-state index contributed by atoms with van der Waals surface area (Å²) in [6.07, 6.45) is -1.63. The average Bonchev–Trinajstić information content (AvgIpc) is 3.18. The Morgan fingerprint density at radius 3 is 1.86 bits per heavy atom. The summed E-state index contributed by atoms with van der Waals surface area (Å²) in [7, 11) is -1.94. The van der Waals surface area contributed by atoms with Crippen LogP contribution < -0.4 is 48.7 Å². The molecule has 3 unspecified atom stereocenters. The normalized spacial score (nSPS) is 13.9. The number of carbonyl (C=O) groups is 8. The van der Waals surface area contributed by atoms with Gasteiger partial charge in [0, 0.05) is 5.56 Å². The highest BCUT2D eigenvalue weighted by molar-refractivity contribution is 6.41. The van der Waals surface area contributed by atoms with Crippen LogP contribution in [0.2, 0.25) is 0 Å². The molecule has 6 atom stereocenters. The van der Waals surface area contributed by atoms with Crippen molar-refractivity contribution in [2.45, 2.75) is 82.9 Å². The fourth-order valence-electron chi connectivity index (χ4n) is 5.12. The number of benzene rings is 2. The largest absolute Gasteiger partial charge is 0.472 e. The van der Waals surface area contributed by atoms with Crippen molar-refractivity contribution in [1.29, 1.82) is 0 Å². The Balaban J connectivity index is 1.89. The van der Waals surface area contributed by atoms with Crippen LogP contribution in [0.4, 0.5) is 0 Å². The molecule has 0 radical (unpaired) electrons. The SMILES string of the molecule is CCCCc1ccc(-c2ccc(C(=O)N[C@H](CO)C(=O)N[C@H](C)C(=O)NCC(=O)NC(C(=O)N[C@@H](N)C(=O)NC(CC(N)=O)C(=O)NCB(O)O)C(C)O)cc2)cc1. The van der Waals surface area contributed by atoms with E-state index in [9.17, 15) is 48.6 Å². The second kappa shape index (κ2) is 24.0. The number of unbranched alkanes of at least 4 members (excludes halogenated alkanes) is 1. The molecule has 0 aliphatic carbocycles. The number of primary amides is 1. The fraction of sp³-hybridized carbons (Fsp3) is 0.444. The van der Waals surface area contributed by atoms with Gasteiger partial charge in [-0.3, -0.25) is 38.4 Å². The highest BCUT2D eigenvalue weighted by Gasteiger charge is 2.31. The molecule has 0 heterocycles. The second-order valence-corrected chi connectivity index (χ2v) is 13.3. The van der Waals surface area contributed by atoms with E-state index in [1.807, 2.05) is 22.8 Å². The lowest BCUT2D eigenvalue weighted by Gasteiger charge is -2.24. The van der Waals surface area contributed by atoms with Crippen molar-refractivity contribution < 1.29 is 58.6 Å². The number of carbonyl (C=O) groups excluding carboxylic acids is 8. The van der Waals surface area contributed by atoms with Gasteiger partial charge in [-0.05, 0) is 55.5 Å². The lowest BCUT2D eigenvalue weighted by molar-refractivity contribution is -0.136. The minimum atomic E-state index is -1.94. The van der Waals surface area contributed by atoms with Crippen LogP contribution in [0.25, 0.3) is 11.1 Å². The van der Waals surface area contributed by atoms with E-state index in [0.717, 1.165) is 37.3 Å². The first-order valence-electron chi connectivity index (χ1n) is 18.3. The summed E-state index contributed by atoms with van der Waals surface area (Å²) in [6.45, 7) is 2.96. The summed E-state index contributed by atoms with van der Waals surface area (Å²) in [5.74, 6) is -7.84. The Bertz CT molecular complexity index is 1750. The maximum absolute atomic E-state index is 12.9.